The first-order valence-electron chi connectivity index (χ1n) is 7.37. The van der Waals surface area contributed by atoms with Crippen LogP contribution in [0.3, 0.4) is 0 Å². The topological polar surface area (TPSA) is 64.6 Å². The predicted octanol–water partition coefficient (Wildman–Crippen LogP) is 3.48. The van der Waals surface area contributed by atoms with Crippen molar-refractivity contribution in [2.75, 3.05) is 18.5 Å². The van der Waals surface area contributed by atoms with E-state index in [4.69, 9.17) is 9.47 Å². The van der Waals surface area contributed by atoms with Gasteiger partial charge in [-0.1, -0.05) is 32.6 Å². The lowest BCUT2D eigenvalue weighted by molar-refractivity contribution is -0.135. The number of hydrogen-bond donors (Lipinski definition) is 1. The van der Waals surface area contributed by atoms with E-state index in [9.17, 15) is 9.59 Å². The summed E-state index contributed by atoms with van der Waals surface area (Å²) in [5, 5.41) is 2.67. The molecule has 0 bridgehead atoms. The maximum absolute atomic E-state index is 11.7. The number of cyclic esters (lactones) is 1. The lowest BCUT2D eigenvalue weighted by atomic mass is 10.0. The van der Waals surface area contributed by atoms with Crippen molar-refractivity contribution in [3.63, 3.8) is 0 Å². The van der Waals surface area contributed by atoms with E-state index in [0.29, 0.717) is 30.2 Å². The van der Waals surface area contributed by atoms with Crippen LogP contribution in [0.5, 0.6) is 0 Å². The molecule has 0 unspecified atom stereocenters. The van der Waals surface area contributed by atoms with Crippen molar-refractivity contribution in [3.8, 4) is 0 Å². The Kier molecular flexibility index (Phi) is 5.20. The number of esters is 1. The summed E-state index contributed by atoms with van der Waals surface area (Å²) in [7, 11) is 0. The summed E-state index contributed by atoms with van der Waals surface area (Å²) in [5.41, 5.74) is 2.36. The molecule has 1 aliphatic rings. The summed E-state index contributed by atoms with van der Waals surface area (Å²) in [5.74, 6) is 0.0239. The van der Waals surface area contributed by atoms with Crippen molar-refractivity contribution < 1.29 is 19.1 Å². The second-order valence-electron chi connectivity index (χ2n) is 5.65. The van der Waals surface area contributed by atoms with E-state index in [0.717, 1.165) is 0 Å². The molecule has 1 saturated heterocycles. The SMILES string of the molecule is C=C1C(=O)OC[C@@H]1CCOC(=O)Nc1ccc(C(C)C)cc1. The first-order chi connectivity index (χ1) is 10.5. The van der Waals surface area contributed by atoms with Gasteiger partial charge in [0.25, 0.3) is 0 Å². The first-order valence-corrected chi connectivity index (χ1v) is 7.37. The molecule has 1 fully saturated rings. The normalized spacial score (nSPS) is 17.5. The number of benzene rings is 1. The van der Waals surface area contributed by atoms with Crippen LogP contribution < -0.4 is 5.32 Å². The largest absolute Gasteiger partial charge is 0.462 e. The molecule has 0 aliphatic carbocycles. The fraction of sp³-hybridized carbons (Fsp3) is 0.412. The van der Waals surface area contributed by atoms with Gasteiger partial charge in [0.15, 0.2) is 0 Å². The van der Waals surface area contributed by atoms with E-state index in [1.807, 2.05) is 24.3 Å². The summed E-state index contributed by atoms with van der Waals surface area (Å²) in [6.45, 7) is 8.44. The molecule has 2 rings (SSSR count). The predicted molar refractivity (Wildman–Crippen MR) is 83.7 cm³/mol. The zero-order valence-electron chi connectivity index (χ0n) is 12.9. The van der Waals surface area contributed by atoms with Gasteiger partial charge < -0.3 is 9.47 Å². The highest BCUT2D eigenvalue weighted by atomic mass is 16.6. The molecular formula is C17H21NO4. The van der Waals surface area contributed by atoms with E-state index in [1.54, 1.807) is 0 Å². The maximum atomic E-state index is 11.7. The molecule has 0 spiro atoms. The second kappa shape index (κ2) is 7.11. The fourth-order valence-corrected chi connectivity index (χ4v) is 2.19. The van der Waals surface area contributed by atoms with Crippen LogP contribution in [0.4, 0.5) is 10.5 Å². The van der Waals surface area contributed by atoms with Crippen LogP contribution in [0.2, 0.25) is 0 Å². The van der Waals surface area contributed by atoms with Crippen molar-refractivity contribution in [1.29, 1.82) is 0 Å². The Morgan fingerprint density at radius 1 is 1.41 bits per heavy atom. The van der Waals surface area contributed by atoms with Crippen molar-refractivity contribution >= 4 is 17.7 Å². The lowest BCUT2D eigenvalue weighted by Crippen LogP contribution is -2.16. The number of nitrogens with one attached hydrogen (secondary N) is 1. The van der Waals surface area contributed by atoms with E-state index in [-0.39, 0.29) is 18.5 Å². The molecule has 0 radical (unpaired) electrons. The molecule has 1 aromatic rings. The summed E-state index contributed by atoms with van der Waals surface area (Å²) in [6, 6.07) is 7.65. The summed E-state index contributed by atoms with van der Waals surface area (Å²) < 4.78 is 9.98. The number of hydrogen-bond acceptors (Lipinski definition) is 4. The summed E-state index contributed by atoms with van der Waals surface area (Å²) in [4.78, 5) is 22.9. The number of carbonyl (C=O) groups excluding carboxylic acids is 2. The van der Waals surface area contributed by atoms with Crippen LogP contribution in [0, 0.1) is 5.92 Å². The second-order valence-corrected chi connectivity index (χ2v) is 5.65. The monoisotopic (exact) mass is 303 g/mol. The highest BCUT2D eigenvalue weighted by molar-refractivity contribution is 5.90. The van der Waals surface area contributed by atoms with Crippen LogP contribution in [-0.2, 0) is 14.3 Å². The first kappa shape index (κ1) is 16.1. The van der Waals surface area contributed by atoms with Gasteiger partial charge in [0.05, 0.1) is 13.2 Å². The minimum Gasteiger partial charge on any atom is -0.462 e. The Balaban J connectivity index is 1.74. The van der Waals surface area contributed by atoms with Gasteiger partial charge in [-0.2, -0.15) is 0 Å². The van der Waals surface area contributed by atoms with Crippen LogP contribution in [0.25, 0.3) is 0 Å². The maximum Gasteiger partial charge on any atom is 0.411 e. The Hall–Kier alpha value is -2.30. The Bertz CT molecular complexity index is 563. The number of carbonyl (C=O) groups is 2. The van der Waals surface area contributed by atoms with Gasteiger partial charge in [-0.25, -0.2) is 9.59 Å². The van der Waals surface area contributed by atoms with Gasteiger partial charge >= 0.3 is 12.1 Å². The highest BCUT2D eigenvalue weighted by Crippen LogP contribution is 2.22. The molecule has 22 heavy (non-hydrogen) atoms. The third-order valence-electron chi connectivity index (χ3n) is 3.69. The van der Waals surface area contributed by atoms with Crippen LogP contribution in [0.15, 0.2) is 36.4 Å². The zero-order chi connectivity index (χ0) is 16.1. The summed E-state index contributed by atoms with van der Waals surface area (Å²) in [6.07, 6.45) is 0.0257. The van der Waals surface area contributed by atoms with Gasteiger partial charge in [0, 0.05) is 17.2 Å². The van der Waals surface area contributed by atoms with Crippen molar-refractivity contribution in [3.05, 3.63) is 42.0 Å². The van der Waals surface area contributed by atoms with Gasteiger partial charge in [-0.3, -0.25) is 5.32 Å². The number of rotatable bonds is 5. The molecule has 118 valence electrons. The third kappa shape index (κ3) is 4.10. The highest BCUT2D eigenvalue weighted by Gasteiger charge is 2.28. The van der Waals surface area contributed by atoms with Gasteiger partial charge in [-0.05, 0) is 30.0 Å². The number of ether oxygens (including phenoxy) is 2. The zero-order valence-corrected chi connectivity index (χ0v) is 12.9. The van der Waals surface area contributed by atoms with Gasteiger partial charge in [0.1, 0.15) is 0 Å². The molecule has 1 N–H and O–H groups in total. The van der Waals surface area contributed by atoms with Gasteiger partial charge in [-0.15, -0.1) is 0 Å². The number of amides is 1. The molecule has 1 amide bonds. The molecule has 5 nitrogen and oxygen atoms in total. The van der Waals surface area contributed by atoms with Crippen molar-refractivity contribution in [2.45, 2.75) is 26.2 Å². The molecule has 1 aromatic carbocycles. The number of anilines is 1. The Morgan fingerprint density at radius 3 is 2.64 bits per heavy atom. The van der Waals surface area contributed by atoms with Crippen LogP contribution in [0.1, 0.15) is 31.7 Å². The average Bonchev–Trinajstić information content (AvgIpc) is 2.80. The fourth-order valence-electron chi connectivity index (χ4n) is 2.19. The molecular weight excluding hydrogens is 282 g/mol. The van der Waals surface area contributed by atoms with E-state index in [1.165, 1.54) is 5.56 Å². The standard InChI is InChI=1S/C17H21NO4/c1-11(2)13-4-6-15(7-5-13)18-17(20)21-9-8-14-10-22-16(19)12(14)3/h4-7,11,14H,3,8-10H2,1-2H3,(H,18,20)/t14-/m0/s1. The van der Waals surface area contributed by atoms with E-state index in [2.05, 4.69) is 25.7 Å². The average molecular weight is 303 g/mol. The van der Waals surface area contributed by atoms with Crippen molar-refractivity contribution in [1.82, 2.24) is 0 Å². The minimum atomic E-state index is -0.506. The Morgan fingerprint density at radius 2 is 2.09 bits per heavy atom. The van der Waals surface area contributed by atoms with Crippen LogP contribution >= 0.6 is 0 Å². The smallest absolute Gasteiger partial charge is 0.411 e. The van der Waals surface area contributed by atoms with E-state index < -0.39 is 6.09 Å². The molecule has 0 saturated carbocycles. The molecule has 1 atom stereocenters. The minimum absolute atomic E-state index is 0.0642. The van der Waals surface area contributed by atoms with Gasteiger partial charge in [0.2, 0.25) is 0 Å². The molecule has 0 aromatic heterocycles. The third-order valence-corrected chi connectivity index (χ3v) is 3.69. The molecule has 1 aliphatic heterocycles. The quantitative estimate of drug-likeness (QED) is 0.668. The summed E-state index contributed by atoms with van der Waals surface area (Å²) >= 11 is 0. The lowest BCUT2D eigenvalue weighted by Gasteiger charge is -2.10. The van der Waals surface area contributed by atoms with E-state index >= 15 is 0 Å². The van der Waals surface area contributed by atoms with Crippen molar-refractivity contribution in [2.24, 2.45) is 5.92 Å². The molecule has 1 heterocycles. The van der Waals surface area contributed by atoms with Crippen LogP contribution in [-0.4, -0.2) is 25.3 Å². The molecule has 5 heteroatoms. The Labute approximate surface area is 130 Å².